The number of rotatable bonds is 2. The van der Waals surface area contributed by atoms with Crippen LogP contribution < -0.4 is 0 Å². The number of allylic oxidation sites excluding steroid dienone is 1. The van der Waals surface area contributed by atoms with Crippen molar-refractivity contribution in [2.24, 2.45) is 4.99 Å². The van der Waals surface area contributed by atoms with Crippen molar-refractivity contribution in [1.82, 2.24) is 5.16 Å². The van der Waals surface area contributed by atoms with Crippen LogP contribution in [-0.4, -0.2) is 22.4 Å². The number of aromatic nitrogens is 1. The molecule has 0 aliphatic carbocycles. The van der Waals surface area contributed by atoms with Crippen LogP contribution in [0.4, 0.5) is 0 Å². The largest absolute Gasteiger partial charge is 0.477 e. The summed E-state index contributed by atoms with van der Waals surface area (Å²) in [5.41, 5.74) is 0.448. The summed E-state index contributed by atoms with van der Waals surface area (Å²) in [4.78, 5) is 14.9. The van der Waals surface area contributed by atoms with E-state index in [1.807, 2.05) is 0 Å². The van der Waals surface area contributed by atoms with Gasteiger partial charge in [-0.1, -0.05) is 16.8 Å². The second kappa shape index (κ2) is 4.09. The third kappa shape index (κ3) is 1.74. The van der Waals surface area contributed by atoms with Gasteiger partial charge in [0.15, 0.2) is 0 Å². The minimum absolute atomic E-state index is 0.0897. The Morgan fingerprint density at radius 2 is 2.44 bits per heavy atom. The third-order valence-corrected chi connectivity index (χ3v) is 2.77. The number of carboxylic acid groups (broad SMARTS) is 1. The van der Waals surface area contributed by atoms with E-state index in [9.17, 15) is 4.79 Å². The lowest BCUT2D eigenvalue weighted by Crippen LogP contribution is -2.09. The first-order valence-corrected chi connectivity index (χ1v) is 5.05. The summed E-state index contributed by atoms with van der Waals surface area (Å²) >= 11 is 5.98. The number of nitrogens with zero attached hydrogens (tertiary/aromatic N) is 2. The van der Waals surface area contributed by atoms with E-state index in [4.69, 9.17) is 21.2 Å². The fraction of sp³-hybridized carbons (Fsp3) is 0.300. The molecule has 84 valence electrons. The van der Waals surface area contributed by atoms with Crippen molar-refractivity contribution in [3.8, 4) is 0 Å². The predicted octanol–water partition coefficient (Wildman–Crippen LogP) is 2.32. The molecule has 0 saturated heterocycles. The molecular weight excluding hydrogens is 232 g/mol. The number of aromatic carboxylic acids is 1. The maximum absolute atomic E-state index is 11.1. The molecule has 1 unspecified atom stereocenters. The molecule has 1 aliphatic rings. The Labute approximate surface area is 96.4 Å². The molecule has 0 bridgehead atoms. The average Bonchev–Trinajstić information content (AvgIpc) is 2.61. The predicted molar refractivity (Wildman–Crippen MR) is 58.0 cm³/mol. The number of hydrogen-bond acceptors (Lipinski definition) is 4. The molecule has 1 aliphatic heterocycles. The molecule has 0 saturated carbocycles. The number of hydrogen-bond donors (Lipinski definition) is 1. The molecular formula is C10H9ClN2O3. The summed E-state index contributed by atoms with van der Waals surface area (Å²) in [5, 5.41) is 13.3. The molecule has 5 nitrogen and oxygen atoms in total. The van der Waals surface area contributed by atoms with Crippen LogP contribution in [-0.2, 0) is 0 Å². The molecule has 1 atom stereocenters. The van der Waals surface area contributed by atoms with Crippen LogP contribution in [0.25, 0.3) is 0 Å². The lowest BCUT2D eigenvalue weighted by molar-refractivity contribution is 0.0693. The number of carbonyl (C=O) groups is 1. The monoisotopic (exact) mass is 240 g/mol. The topological polar surface area (TPSA) is 75.7 Å². The second-order valence-electron chi connectivity index (χ2n) is 3.44. The molecule has 0 radical (unpaired) electrons. The molecule has 0 spiro atoms. The fourth-order valence-electron chi connectivity index (χ4n) is 1.62. The van der Waals surface area contributed by atoms with Gasteiger partial charge in [-0.05, 0) is 13.3 Å². The van der Waals surface area contributed by atoms with Gasteiger partial charge in [-0.15, -0.1) is 0 Å². The van der Waals surface area contributed by atoms with Crippen LogP contribution >= 0.6 is 11.6 Å². The van der Waals surface area contributed by atoms with Gasteiger partial charge in [0.2, 0.25) is 0 Å². The second-order valence-corrected chi connectivity index (χ2v) is 3.87. The van der Waals surface area contributed by atoms with Crippen molar-refractivity contribution in [2.75, 3.05) is 0 Å². The normalized spacial score (nSPS) is 19.6. The Morgan fingerprint density at radius 3 is 3.06 bits per heavy atom. The maximum Gasteiger partial charge on any atom is 0.341 e. The Balaban J connectivity index is 2.45. The highest BCUT2D eigenvalue weighted by Gasteiger charge is 2.28. The zero-order chi connectivity index (χ0) is 11.7. The minimum atomic E-state index is -1.05. The van der Waals surface area contributed by atoms with Crippen LogP contribution in [0.15, 0.2) is 20.7 Å². The van der Waals surface area contributed by atoms with E-state index in [-0.39, 0.29) is 17.2 Å². The highest BCUT2D eigenvalue weighted by Crippen LogP contribution is 2.34. The zero-order valence-electron chi connectivity index (χ0n) is 8.48. The van der Waals surface area contributed by atoms with Gasteiger partial charge in [-0.2, -0.15) is 0 Å². The fourth-order valence-corrected chi connectivity index (χ4v) is 1.87. The van der Waals surface area contributed by atoms with E-state index < -0.39 is 5.97 Å². The van der Waals surface area contributed by atoms with E-state index in [0.717, 1.165) is 0 Å². The van der Waals surface area contributed by atoms with Gasteiger partial charge in [0.05, 0.1) is 0 Å². The smallest absolute Gasteiger partial charge is 0.341 e. The summed E-state index contributed by atoms with van der Waals surface area (Å²) in [6.07, 6.45) is 3.69. The van der Waals surface area contributed by atoms with Gasteiger partial charge in [0.1, 0.15) is 17.0 Å². The molecule has 6 heteroatoms. The van der Waals surface area contributed by atoms with Crippen LogP contribution in [0.5, 0.6) is 0 Å². The summed E-state index contributed by atoms with van der Waals surface area (Å²) in [6, 6.07) is 0. The summed E-state index contributed by atoms with van der Waals surface area (Å²) in [7, 11) is 0. The molecule has 0 fully saturated rings. The zero-order valence-corrected chi connectivity index (χ0v) is 9.23. The number of halogens is 1. The van der Waals surface area contributed by atoms with Crippen LogP contribution in [0, 0.1) is 6.92 Å². The SMILES string of the molecule is Cc1onc(C2CC=NC=C2Cl)c1C(=O)O. The molecule has 2 rings (SSSR count). The van der Waals surface area contributed by atoms with Gasteiger partial charge in [0, 0.05) is 23.4 Å². The van der Waals surface area contributed by atoms with Crippen LogP contribution in [0.2, 0.25) is 0 Å². The summed E-state index contributed by atoms with van der Waals surface area (Å²) in [5.74, 6) is -1.04. The highest BCUT2D eigenvalue weighted by atomic mass is 35.5. The molecule has 1 aromatic heterocycles. The molecule has 0 aromatic carbocycles. The molecule has 16 heavy (non-hydrogen) atoms. The van der Waals surface area contributed by atoms with Gasteiger partial charge in [-0.3, -0.25) is 4.99 Å². The van der Waals surface area contributed by atoms with Crippen molar-refractivity contribution < 1.29 is 14.4 Å². The van der Waals surface area contributed by atoms with Gasteiger partial charge in [0.25, 0.3) is 0 Å². The minimum Gasteiger partial charge on any atom is -0.477 e. The lowest BCUT2D eigenvalue weighted by Gasteiger charge is -2.13. The quantitative estimate of drug-likeness (QED) is 0.861. The molecule has 1 N–H and O–H groups in total. The van der Waals surface area contributed by atoms with E-state index in [0.29, 0.717) is 17.1 Å². The van der Waals surface area contributed by atoms with Gasteiger partial charge < -0.3 is 9.63 Å². The first-order chi connectivity index (χ1) is 7.61. The first-order valence-electron chi connectivity index (χ1n) is 4.68. The summed E-state index contributed by atoms with van der Waals surface area (Å²) in [6.45, 7) is 1.56. The Kier molecular flexibility index (Phi) is 2.78. The Hall–Kier alpha value is -1.62. The first kappa shape index (κ1) is 10.9. The number of carboxylic acids is 1. The number of aliphatic imine (C=N–C) groups is 1. The highest BCUT2D eigenvalue weighted by molar-refractivity contribution is 6.30. The van der Waals surface area contributed by atoms with Crippen LogP contribution in [0.3, 0.4) is 0 Å². The van der Waals surface area contributed by atoms with Gasteiger partial charge in [-0.25, -0.2) is 4.79 Å². The van der Waals surface area contributed by atoms with E-state index in [1.165, 1.54) is 6.20 Å². The van der Waals surface area contributed by atoms with Crippen molar-refractivity contribution in [3.05, 3.63) is 28.2 Å². The van der Waals surface area contributed by atoms with E-state index in [1.54, 1.807) is 13.1 Å². The maximum atomic E-state index is 11.1. The van der Waals surface area contributed by atoms with E-state index >= 15 is 0 Å². The van der Waals surface area contributed by atoms with Gasteiger partial charge >= 0.3 is 5.97 Å². The number of aryl methyl sites for hydroxylation is 1. The molecule has 1 aromatic rings. The molecule has 0 amide bonds. The van der Waals surface area contributed by atoms with Crippen molar-refractivity contribution in [2.45, 2.75) is 19.3 Å². The lowest BCUT2D eigenvalue weighted by atomic mass is 9.96. The van der Waals surface area contributed by atoms with E-state index in [2.05, 4.69) is 10.1 Å². The Bertz CT molecular complexity index is 490. The Morgan fingerprint density at radius 1 is 1.69 bits per heavy atom. The average molecular weight is 241 g/mol. The third-order valence-electron chi connectivity index (χ3n) is 2.41. The van der Waals surface area contributed by atoms with Crippen molar-refractivity contribution in [1.29, 1.82) is 0 Å². The van der Waals surface area contributed by atoms with Crippen molar-refractivity contribution in [3.63, 3.8) is 0 Å². The van der Waals surface area contributed by atoms with Crippen LogP contribution in [0.1, 0.15) is 34.2 Å². The summed E-state index contributed by atoms with van der Waals surface area (Å²) < 4.78 is 4.90. The standard InChI is InChI=1S/C10H9ClN2O3/c1-5-8(10(14)15)9(13-16-5)6-2-3-12-4-7(6)11/h3-4,6H,2H2,1H3,(H,14,15). The molecule has 2 heterocycles. The van der Waals surface area contributed by atoms with Crippen molar-refractivity contribution >= 4 is 23.8 Å².